The van der Waals surface area contributed by atoms with Crippen LogP contribution in [0.4, 0.5) is 0 Å². The minimum atomic E-state index is -0.358. The number of ketones is 1. The number of carbonyl (C=O) groups is 1. The Kier molecular flexibility index (Phi) is 3.71. The van der Waals surface area contributed by atoms with Crippen LogP contribution < -0.4 is 4.74 Å². The molecule has 18 heavy (non-hydrogen) atoms. The smallest absolute Gasteiger partial charge is 0.207 e. The number of benzene rings is 2. The summed E-state index contributed by atoms with van der Waals surface area (Å²) in [7, 11) is 0. The van der Waals surface area contributed by atoms with Gasteiger partial charge in [0.2, 0.25) is 5.78 Å². The van der Waals surface area contributed by atoms with E-state index >= 15 is 0 Å². The molecule has 4 nitrogen and oxygen atoms in total. The predicted molar refractivity (Wildman–Crippen MR) is 67.6 cm³/mol. The van der Waals surface area contributed by atoms with Crippen LogP contribution in [-0.4, -0.2) is 17.2 Å². The van der Waals surface area contributed by atoms with Gasteiger partial charge in [-0.15, -0.1) is 0 Å². The zero-order valence-corrected chi connectivity index (χ0v) is 9.48. The van der Waals surface area contributed by atoms with Crippen LogP contribution in [0.1, 0.15) is 10.4 Å². The van der Waals surface area contributed by atoms with Crippen molar-refractivity contribution in [2.45, 2.75) is 0 Å². The molecule has 0 heterocycles. The highest BCUT2D eigenvalue weighted by molar-refractivity contribution is 6.35. The molecule has 0 atom stereocenters. The average molecular weight is 241 g/mol. The van der Waals surface area contributed by atoms with Crippen LogP contribution in [0.5, 0.6) is 11.5 Å². The molecule has 2 rings (SSSR count). The summed E-state index contributed by atoms with van der Waals surface area (Å²) >= 11 is 0. The molecular weight excluding hydrogens is 230 g/mol. The first-order chi connectivity index (χ1) is 8.79. The Labute approximate surface area is 104 Å². The van der Waals surface area contributed by atoms with Crippen molar-refractivity contribution in [2.24, 2.45) is 5.16 Å². The Morgan fingerprint density at radius 1 is 1.00 bits per heavy atom. The summed E-state index contributed by atoms with van der Waals surface area (Å²) in [4.78, 5) is 11.4. The van der Waals surface area contributed by atoms with E-state index in [0.717, 1.165) is 12.0 Å². The molecule has 0 unspecified atom stereocenters. The minimum Gasteiger partial charge on any atom is -0.457 e. The molecule has 0 saturated heterocycles. The van der Waals surface area contributed by atoms with Gasteiger partial charge in [0.05, 0.1) is 0 Å². The lowest BCUT2D eigenvalue weighted by Gasteiger charge is -2.05. The van der Waals surface area contributed by atoms with Gasteiger partial charge in [-0.05, 0) is 36.4 Å². The fraction of sp³-hybridized carbons (Fsp3) is 0. The number of hydrogen-bond donors (Lipinski definition) is 1. The number of Topliss-reactive ketones (excluding diaryl/α,β-unsaturated/α-hetero) is 1. The van der Waals surface area contributed by atoms with Gasteiger partial charge in [0.25, 0.3) is 0 Å². The maximum atomic E-state index is 11.4. The van der Waals surface area contributed by atoms with E-state index in [4.69, 9.17) is 9.94 Å². The molecule has 1 N–H and O–H groups in total. The molecule has 0 aliphatic heterocycles. The summed E-state index contributed by atoms with van der Waals surface area (Å²) < 4.78 is 5.58. The highest BCUT2D eigenvalue weighted by atomic mass is 16.5. The number of para-hydroxylation sites is 1. The van der Waals surface area contributed by atoms with Gasteiger partial charge < -0.3 is 9.94 Å². The predicted octanol–water partition coefficient (Wildman–Crippen LogP) is 3.12. The number of ether oxygens (including phenoxy) is 1. The zero-order valence-electron chi connectivity index (χ0n) is 9.48. The number of rotatable bonds is 4. The first-order valence-corrected chi connectivity index (χ1v) is 5.34. The summed E-state index contributed by atoms with van der Waals surface area (Å²) in [6, 6.07) is 16.0. The van der Waals surface area contributed by atoms with Gasteiger partial charge in [-0.2, -0.15) is 0 Å². The van der Waals surface area contributed by atoms with Crippen LogP contribution in [0.15, 0.2) is 59.8 Å². The Morgan fingerprint density at radius 2 is 1.61 bits per heavy atom. The highest BCUT2D eigenvalue weighted by Crippen LogP contribution is 2.21. The van der Waals surface area contributed by atoms with Crippen molar-refractivity contribution in [3.8, 4) is 11.5 Å². The fourth-order valence-electron chi connectivity index (χ4n) is 1.44. The third-order valence-electron chi connectivity index (χ3n) is 2.29. The van der Waals surface area contributed by atoms with E-state index in [1.165, 1.54) is 0 Å². The molecular formula is C14H11NO3. The number of carbonyl (C=O) groups excluding carboxylic acids is 1. The molecule has 0 saturated carbocycles. The molecule has 2 aromatic rings. The van der Waals surface area contributed by atoms with E-state index in [1.807, 2.05) is 30.3 Å². The van der Waals surface area contributed by atoms with Gasteiger partial charge in [-0.3, -0.25) is 4.79 Å². The van der Waals surface area contributed by atoms with E-state index in [1.54, 1.807) is 24.3 Å². The quantitative estimate of drug-likeness (QED) is 0.387. The third-order valence-corrected chi connectivity index (χ3v) is 2.29. The topological polar surface area (TPSA) is 58.9 Å². The fourth-order valence-corrected chi connectivity index (χ4v) is 1.44. The normalized spacial score (nSPS) is 10.4. The van der Waals surface area contributed by atoms with Gasteiger partial charge in [0.1, 0.15) is 17.7 Å². The maximum absolute atomic E-state index is 11.4. The second-order valence-electron chi connectivity index (χ2n) is 3.55. The minimum absolute atomic E-state index is 0.358. The van der Waals surface area contributed by atoms with Crippen LogP contribution in [0.25, 0.3) is 0 Å². The molecule has 0 aliphatic carbocycles. The van der Waals surface area contributed by atoms with Gasteiger partial charge in [0.15, 0.2) is 0 Å². The Morgan fingerprint density at radius 3 is 2.22 bits per heavy atom. The summed E-state index contributed by atoms with van der Waals surface area (Å²) in [5.74, 6) is 1.01. The van der Waals surface area contributed by atoms with Crippen LogP contribution >= 0.6 is 0 Å². The van der Waals surface area contributed by atoms with Crippen molar-refractivity contribution in [3.05, 3.63) is 60.2 Å². The van der Waals surface area contributed by atoms with E-state index in [-0.39, 0.29) is 5.78 Å². The van der Waals surface area contributed by atoms with Crippen molar-refractivity contribution in [1.82, 2.24) is 0 Å². The van der Waals surface area contributed by atoms with Gasteiger partial charge in [-0.1, -0.05) is 23.4 Å². The van der Waals surface area contributed by atoms with Crippen LogP contribution in [0.3, 0.4) is 0 Å². The molecule has 0 bridgehead atoms. The second kappa shape index (κ2) is 5.63. The molecule has 0 aliphatic rings. The summed E-state index contributed by atoms with van der Waals surface area (Å²) in [6.07, 6.45) is 0.854. The van der Waals surface area contributed by atoms with Gasteiger partial charge >= 0.3 is 0 Å². The summed E-state index contributed by atoms with van der Waals surface area (Å²) in [6.45, 7) is 0. The number of nitrogens with zero attached hydrogens (tertiary/aromatic N) is 1. The zero-order chi connectivity index (χ0) is 12.8. The SMILES string of the molecule is O=C(C=NO)c1ccc(Oc2ccccc2)cc1. The first kappa shape index (κ1) is 11.9. The Bertz CT molecular complexity index is 547. The molecule has 90 valence electrons. The molecule has 4 heteroatoms. The van der Waals surface area contributed by atoms with E-state index in [2.05, 4.69) is 5.16 Å². The van der Waals surface area contributed by atoms with Crippen LogP contribution in [-0.2, 0) is 0 Å². The van der Waals surface area contributed by atoms with E-state index in [9.17, 15) is 4.79 Å². The Balaban J connectivity index is 2.11. The lowest BCUT2D eigenvalue weighted by atomic mass is 10.1. The molecule has 0 radical (unpaired) electrons. The molecule has 0 fully saturated rings. The van der Waals surface area contributed by atoms with Crippen molar-refractivity contribution in [2.75, 3.05) is 0 Å². The average Bonchev–Trinajstić information content (AvgIpc) is 2.41. The van der Waals surface area contributed by atoms with Gasteiger partial charge in [-0.25, -0.2) is 0 Å². The molecule has 2 aromatic carbocycles. The van der Waals surface area contributed by atoms with Crippen LogP contribution in [0, 0.1) is 0 Å². The number of hydrogen-bond acceptors (Lipinski definition) is 4. The first-order valence-electron chi connectivity index (χ1n) is 5.34. The molecule has 0 amide bonds. The van der Waals surface area contributed by atoms with Crippen molar-refractivity contribution in [3.63, 3.8) is 0 Å². The maximum Gasteiger partial charge on any atom is 0.207 e. The summed E-state index contributed by atoms with van der Waals surface area (Å²) in [5.41, 5.74) is 0.438. The van der Waals surface area contributed by atoms with E-state index < -0.39 is 0 Å². The lowest BCUT2D eigenvalue weighted by Crippen LogP contribution is -1.99. The Hall–Kier alpha value is -2.62. The van der Waals surface area contributed by atoms with Crippen molar-refractivity contribution < 1.29 is 14.7 Å². The lowest BCUT2D eigenvalue weighted by molar-refractivity contribution is 0.106. The van der Waals surface area contributed by atoms with Crippen molar-refractivity contribution in [1.29, 1.82) is 0 Å². The summed E-state index contributed by atoms with van der Waals surface area (Å²) in [5, 5.41) is 11.0. The standard InChI is InChI=1S/C14H11NO3/c16-14(10-15-17)11-6-8-13(9-7-11)18-12-4-2-1-3-5-12/h1-10,17H. The van der Waals surface area contributed by atoms with Gasteiger partial charge in [0, 0.05) is 5.56 Å². The van der Waals surface area contributed by atoms with Crippen LogP contribution in [0.2, 0.25) is 0 Å². The van der Waals surface area contributed by atoms with E-state index in [0.29, 0.717) is 11.3 Å². The molecule has 0 spiro atoms. The monoisotopic (exact) mass is 241 g/mol. The largest absolute Gasteiger partial charge is 0.457 e. The van der Waals surface area contributed by atoms with Crippen molar-refractivity contribution >= 4 is 12.0 Å². The third kappa shape index (κ3) is 2.95. The highest BCUT2D eigenvalue weighted by Gasteiger charge is 2.03. The molecule has 0 aromatic heterocycles. The number of oxime groups is 1. The second-order valence-corrected chi connectivity index (χ2v) is 3.55.